The van der Waals surface area contributed by atoms with Crippen molar-refractivity contribution in [2.75, 3.05) is 48.1 Å². The van der Waals surface area contributed by atoms with Gasteiger partial charge in [-0.15, -0.1) is 0 Å². The summed E-state index contributed by atoms with van der Waals surface area (Å²) in [6.45, 7) is 2.23. The number of carbonyl (C=O) groups is 1. The summed E-state index contributed by atoms with van der Waals surface area (Å²) >= 11 is 0. The van der Waals surface area contributed by atoms with Gasteiger partial charge in [-0.3, -0.25) is 4.79 Å². The number of hydrogen-bond acceptors (Lipinski definition) is 6. The number of methoxy groups -OCH3 is 3. The number of nitrogens with zero attached hydrogens (tertiary/aromatic N) is 1. The number of amides is 1. The molecule has 0 fully saturated rings. The van der Waals surface area contributed by atoms with Crippen LogP contribution in [0.4, 0.5) is 0 Å². The molecule has 0 radical (unpaired) electrons. The zero-order valence-electron chi connectivity index (χ0n) is 22.0. The smallest absolute Gasteiger partial charge is 0.257 e. The fourth-order valence-corrected chi connectivity index (χ4v) is 3.77. The van der Waals surface area contributed by atoms with E-state index in [0.717, 1.165) is 53.4 Å². The van der Waals surface area contributed by atoms with Gasteiger partial charge in [0.25, 0.3) is 5.91 Å². The number of para-hydroxylation sites is 1. The molecular formula is C30H36N2O5. The normalized spacial score (nSPS) is 10.9. The molecule has 1 amide bonds. The highest BCUT2D eigenvalue weighted by atomic mass is 16.5. The van der Waals surface area contributed by atoms with E-state index in [1.165, 1.54) is 0 Å². The molecule has 0 aliphatic carbocycles. The molecule has 7 heteroatoms. The highest BCUT2D eigenvalue weighted by Crippen LogP contribution is 2.24. The molecule has 7 nitrogen and oxygen atoms in total. The summed E-state index contributed by atoms with van der Waals surface area (Å²) in [5, 5.41) is 2.92. The van der Waals surface area contributed by atoms with E-state index in [1.807, 2.05) is 72.8 Å². The van der Waals surface area contributed by atoms with Crippen molar-refractivity contribution in [1.82, 2.24) is 10.2 Å². The van der Waals surface area contributed by atoms with Crippen LogP contribution in [0.25, 0.3) is 12.2 Å². The number of carbonyl (C=O) groups excluding carboxylic acids is 1. The zero-order valence-corrected chi connectivity index (χ0v) is 22.0. The third-order valence-electron chi connectivity index (χ3n) is 5.76. The second kappa shape index (κ2) is 14.6. The van der Waals surface area contributed by atoms with Crippen molar-refractivity contribution in [3.8, 4) is 23.0 Å². The van der Waals surface area contributed by atoms with Crippen LogP contribution in [0, 0.1) is 0 Å². The molecule has 196 valence electrons. The summed E-state index contributed by atoms with van der Waals surface area (Å²) in [5.41, 5.74) is 3.13. The maximum absolute atomic E-state index is 12.2. The maximum Gasteiger partial charge on any atom is 0.257 e. The lowest BCUT2D eigenvalue weighted by molar-refractivity contribution is -0.123. The quantitative estimate of drug-likeness (QED) is 0.249. The molecule has 0 bridgehead atoms. The molecule has 3 aromatic carbocycles. The molecule has 0 aliphatic rings. The van der Waals surface area contributed by atoms with Crippen molar-refractivity contribution in [2.45, 2.75) is 13.0 Å². The minimum atomic E-state index is -0.136. The molecule has 3 aromatic rings. The lowest BCUT2D eigenvalue weighted by Crippen LogP contribution is -2.31. The second-order valence-corrected chi connectivity index (χ2v) is 8.59. The van der Waals surface area contributed by atoms with Gasteiger partial charge in [0.15, 0.2) is 6.61 Å². The Morgan fingerprint density at radius 3 is 2.19 bits per heavy atom. The highest BCUT2D eigenvalue weighted by molar-refractivity contribution is 5.77. The third kappa shape index (κ3) is 9.20. The average Bonchev–Trinajstić information content (AvgIpc) is 2.93. The fraction of sp³-hybridized carbons (Fsp3) is 0.300. The van der Waals surface area contributed by atoms with Gasteiger partial charge in [-0.1, -0.05) is 42.5 Å². The van der Waals surface area contributed by atoms with Crippen LogP contribution in [-0.2, 0) is 11.3 Å². The van der Waals surface area contributed by atoms with Crippen molar-refractivity contribution >= 4 is 18.1 Å². The first kappa shape index (κ1) is 27.6. The van der Waals surface area contributed by atoms with Crippen molar-refractivity contribution in [3.05, 3.63) is 83.4 Å². The van der Waals surface area contributed by atoms with Crippen LogP contribution in [0.2, 0.25) is 0 Å². The Balaban J connectivity index is 1.37. The van der Waals surface area contributed by atoms with Crippen molar-refractivity contribution < 1.29 is 23.7 Å². The molecule has 0 saturated heterocycles. The van der Waals surface area contributed by atoms with Crippen molar-refractivity contribution in [2.24, 2.45) is 0 Å². The fourth-order valence-electron chi connectivity index (χ4n) is 3.77. The van der Waals surface area contributed by atoms with E-state index in [0.29, 0.717) is 12.3 Å². The van der Waals surface area contributed by atoms with E-state index in [-0.39, 0.29) is 12.5 Å². The third-order valence-corrected chi connectivity index (χ3v) is 5.76. The van der Waals surface area contributed by atoms with Crippen molar-refractivity contribution in [1.29, 1.82) is 0 Å². The first-order valence-electron chi connectivity index (χ1n) is 12.2. The van der Waals surface area contributed by atoms with E-state index >= 15 is 0 Å². The molecule has 0 spiro atoms. The van der Waals surface area contributed by atoms with Gasteiger partial charge >= 0.3 is 0 Å². The largest absolute Gasteiger partial charge is 0.497 e. The van der Waals surface area contributed by atoms with Crippen LogP contribution in [-0.4, -0.2) is 58.9 Å². The molecule has 1 N–H and O–H groups in total. The molecule has 0 aromatic heterocycles. The van der Waals surface area contributed by atoms with E-state index in [4.69, 9.17) is 18.9 Å². The van der Waals surface area contributed by atoms with E-state index in [1.54, 1.807) is 21.3 Å². The highest BCUT2D eigenvalue weighted by Gasteiger charge is 2.07. The van der Waals surface area contributed by atoms with Gasteiger partial charge in [-0.2, -0.15) is 0 Å². The maximum atomic E-state index is 12.2. The number of nitrogens with one attached hydrogen (secondary N) is 1. The zero-order chi connectivity index (χ0) is 26.5. The Morgan fingerprint density at radius 2 is 1.51 bits per heavy atom. The van der Waals surface area contributed by atoms with Crippen LogP contribution in [0.1, 0.15) is 23.1 Å². The monoisotopic (exact) mass is 504 g/mol. The van der Waals surface area contributed by atoms with E-state index < -0.39 is 0 Å². The van der Waals surface area contributed by atoms with Gasteiger partial charge in [0.05, 0.1) is 21.3 Å². The summed E-state index contributed by atoms with van der Waals surface area (Å²) < 4.78 is 21.7. The van der Waals surface area contributed by atoms with Crippen molar-refractivity contribution in [3.63, 3.8) is 0 Å². The van der Waals surface area contributed by atoms with Crippen LogP contribution >= 0.6 is 0 Å². The molecule has 0 saturated carbocycles. The summed E-state index contributed by atoms with van der Waals surface area (Å²) in [4.78, 5) is 14.4. The average molecular weight is 505 g/mol. The Hall–Kier alpha value is -3.97. The minimum Gasteiger partial charge on any atom is -0.497 e. The predicted octanol–water partition coefficient (Wildman–Crippen LogP) is 4.90. The number of ether oxygens (including phenoxy) is 4. The lowest BCUT2D eigenvalue weighted by Gasteiger charge is -2.18. The van der Waals surface area contributed by atoms with Gasteiger partial charge in [-0.25, -0.2) is 0 Å². The van der Waals surface area contributed by atoms with Crippen LogP contribution < -0.4 is 24.3 Å². The Bertz CT molecular complexity index is 1140. The molecule has 0 aliphatic heterocycles. The van der Waals surface area contributed by atoms with Gasteiger partial charge in [-0.05, 0) is 61.5 Å². The summed E-state index contributed by atoms with van der Waals surface area (Å²) in [6.07, 6.45) is 4.83. The standard InChI is InChI=1S/C30H36N2O5/c1-32(21-25-8-5-6-9-29(25)36-4)17-7-16-31-30(33)22-37-26-14-12-23(13-15-26)10-11-24-18-27(34-2)20-28(19-24)35-3/h5-6,8-15,18-20H,7,16-17,21-22H2,1-4H3,(H,31,33)/b11-10+. The number of hydrogen-bond donors (Lipinski definition) is 1. The molecule has 0 heterocycles. The van der Waals surface area contributed by atoms with Gasteiger partial charge in [0.2, 0.25) is 0 Å². The molecular weight excluding hydrogens is 468 g/mol. The van der Waals surface area contributed by atoms with Gasteiger partial charge in [0, 0.05) is 24.7 Å². The molecule has 0 unspecified atom stereocenters. The van der Waals surface area contributed by atoms with Crippen LogP contribution in [0.3, 0.4) is 0 Å². The minimum absolute atomic E-state index is 0.0180. The number of rotatable bonds is 14. The Morgan fingerprint density at radius 1 is 0.838 bits per heavy atom. The van der Waals surface area contributed by atoms with Gasteiger partial charge in [0.1, 0.15) is 23.0 Å². The van der Waals surface area contributed by atoms with Crippen LogP contribution in [0.15, 0.2) is 66.7 Å². The first-order chi connectivity index (χ1) is 18.0. The predicted molar refractivity (Wildman–Crippen MR) is 147 cm³/mol. The van der Waals surface area contributed by atoms with Gasteiger partial charge < -0.3 is 29.2 Å². The molecule has 37 heavy (non-hydrogen) atoms. The Kier molecular flexibility index (Phi) is 10.9. The summed E-state index contributed by atoms with van der Waals surface area (Å²) in [5.74, 6) is 2.87. The number of benzene rings is 3. The SMILES string of the molecule is COc1cc(/C=C/c2ccc(OCC(=O)NCCCN(C)Cc3ccccc3OC)cc2)cc(OC)c1. The lowest BCUT2D eigenvalue weighted by atomic mass is 10.1. The molecule has 0 atom stereocenters. The Labute approximate surface area is 219 Å². The second-order valence-electron chi connectivity index (χ2n) is 8.59. The van der Waals surface area contributed by atoms with Crippen LogP contribution in [0.5, 0.6) is 23.0 Å². The van der Waals surface area contributed by atoms with E-state index in [2.05, 4.69) is 23.3 Å². The topological polar surface area (TPSA) is 69.3 Å². The first-order valence-corrected chi connectivity index (χ1v) is 12.2. The summed E-state index contributed by atoms with van der Waals surface area (Å²) in [7, 11) is 7.00. The molecule has 3 rings (SSSR count). The van der Waals surface area contributed by atoms with E-state index in [9.17, 15) is 4.79 Å². The summed E-state index contributed by atoms with van der Waals surface area (Å²) in [6, 6.07) is 21.3.